The number of rotatable bonds is 4. The summed E-state index contributed by atoms with van der Waals surface area (Å²) >= 11 is 0. The van der Waals surface area contributed by atoms with E-state index in [1.54, 1.807) is 17.0 Å². The number of alkyl halides is 2. The summed E-state index contributed by atoms with van der Waals surface area (Å²) in [4.78, 5) is 13.6. The molecule has 0 spiro atoms. The van der Waals surface area contributed by atoms with Gasteiger partial charge in [-0.25, -0.2) is 8.78 Å². The summed E-state index contributed by atoms with van der Waals surface area (Å²) in [6.07, 6.45) is -1.01. The van der Waals surface area contributed by atoms with Crippen molar-refractivity contribution in [2.24, 2.45) is 5.92 Å². The number of carbonyl (C=O) groups excluding carboxylic acids is 1. The molecule has 5 heteroatoms. The number of para-hydroxylation sites is 1. The highest BCUT2D eigenvalue weighted by molar-refractivity contribution is 5.92. The molecule has 1 atom stereocenters. The van der Waals surface area contributed by atoms with Crippen molar-refractivity contribution < 1.29 is 13.6 Å². The van der Waals surface area contributed by atoms with E-state index in [9.17, 15) is 13.6 Å². The lowest BCUT2D eigenvalue weighted by atomic mass is 9.99. The monoisotopic (exact) mass is 268 g/mol. The van der Waals surface area contributed by atoms with E-state index in [1.807, 2.05) is 18.2 Å². The molecule has 2 rings (SSSR count). The highest BCUT2D eigenvalue weighted by atomic mass is 19.3. The van der Waals surface area contributed by atoms with E-state index in [2.05, 4.69) is 5.32 Å². The van der Waals surface area contributed by atoms with Crippen LogP contribution in [0.5, 0.6) is 0 Å². The summed E-state index contributed by atoms with van der Waals surface area (Å²) in [5.41, 5.74) is 0.731. The maximum Gasteiger partial charge on any atom is 0.242 e. The van der Waals surface area contributed by atoms with E-state index < -0.39 is 12.3 Å². The first-order valence-corrected chi connectivity index (χ1v) is 6.50. The van der Waals surface area contributed by atoms with Crippen LogP contribution in [0.15, 0.2) is 30.3 Å². The molecule has 104 valence electrons. The van der Waals surface area contributed by atoms with E-state index in [0.29, 0.717) is 19.5 Å². The first-order chi connectivity index (χ1) is 9.15. The third-order valence-corrected chi connectivity index (χ3v) is 3.32. The second kappa shape index (κ2) is 6.61. The maximum atomic E-state index is 12.7. The van der Waals surface area contributed by atoms with Gasteiger partial charge in [-0.2, -0.15) is 0 Å². The molecule has 0 aromatic heterocycles. The molecule has 3 nitrogen and oxygen atoms in total. The van der Waals surface area contributed by atoms with E-state index >= 15 is 0 Å². The van der Waals surface area contributed by atoms with Gasteiger partial charge in [0.15, 0.2) is 0 Å². The molecule has 1 aromatic carbocycles. The van der Waals surface area contributed by atoms with Gasteiger partial charge in [-0.1, -0.05) is 18.2 Å². The Morgan fingerprint density at radius 3 is 2.79 bits per heavy atom. The number of hydrogen-bond acceptors (Lipinski definition) is 2. The highest BCUT2D eigenvalue weighted by Crippen LogP contribution is 2.22. The van der Waals surface area contributed by atoms with Crippen molar-refractivity contribution in [3.05, 3.63) is 30.3 Å². The van der Waals surface area contributed by atoms with Gasteiger partial charge in [-0.15, -0.1) is 0 Å². The first-order valence-electron chi connectivity index (χ1n) is 6.50. The van der Waals surface area contributed by atoms with Gasteiger partial charge < -0.3 is 5.32 Å². The van der Waals surface area contributed by atoms with Crippen LogP contribution in [-0.2, 0) is 4.79 Å². The van der Waals surface area contributed by atoms with Gasteiger partial charge in [0, 0.05) is 18.2 Å². The first kappa shape index (κ1) is 13.9. The molecule has 0 bridgehead atoms. The maximum absolute atomic E-state index is 12.7. The Labute approximate surface area is 111 Å². The van der Waals surface area contributed by atoms with E-state index in [-0.39, 0.29) is 12.5 Å². The smallest absolute Gasteiger partial charge is 0.242 e. The summed E-state index contributed by atoms with van der Waals surface area (Å²) in [5.74, 6) is -0.751. The predicted molar refractivity (Wildman–Crippen MR) is 70.2 cm³/mol. The zero-order chi connectivity index (χ0) is 13.7. The van der Waals surface area contributed by atoms with Crippen LogP contribution in [0.25, 0.3) is 0 Å². The number of amides is 1. The number of nitrogens with one attached hydrogen (secondary N) is 1. The molecular weight excluding hydrogens is 250 g/mol. The van der Waals surface area contributed by atoms with Gasteiger partial charge >= 0.3 is 0 Å². The van der Waals surface area contributed by atoms with Crippen LogP contribution in [0.2, 0.25) is 0 Å². The second-order valence-corrected chi connectivity index (χ2v) is 4.89. The SMILES string of the molecule is O=C(CN1CCCC(C(F)F)C1)Nc1ccccc1. The van der Waals surface area contributed by atoms with Gasteiger partial charge in [-0.3, -0.25) is 9.69 Å². The van der Waals surface area contributed by atoms with Gasteiger partial charge in [-0.05, 0) is 31.5 Å². The van der Waals surface area contributed by atoms with E-state index in [1.165, 1.54) is 0 Å². The molecule has 0 aliphatic carbocycles. The number of carbonyl (C=O) groups is 1. The Bertz CT molecular complexity index is 411. The summed E-state index contributed by atoms with van der Waals surface area (Å²) in [6, 6.07) is 9.15. The number of piperidine rings is 1. The summed E-state index contributed by atoms with van der Waals surface area (Å²) in [5, 5.41) is 2.77. The molecule has 19 heavy (non-hydrogen) atoms. The molecule has 1 N–H and O–H groups in total. The van der Waals surface area contributed by atoms with Crippen molar-refractivity contribution in [2.45, 2.75) is 19.3 Å². The molecule has 1 aromatic rings. The van der Waals surface area contributed by atoms with Crippen molar-refractivity contribution in [3.8, 4) is 0 Å². The van der Waals surface area contributed by atoms with Gasteiger partial charge in [0.25, 0.3) is 0 Å². The minimum absolute atomic E-state index is 0.152. The average Bonchev–Trinajstić information content (AvgIpc) is 2.40. The fourth-order valence-corrected chi connectivity index (χ4v) is 2.37. The number of likely N-dealkylation sites (tertiary alicyclic amines) is 1. The molecule has 1 unspecified atom stereocenters. The molecule has 0 saturated carbocycles. The van der Waals surface area contributed by atoms with Crippen molar-refractivity contribution in [2.75, 3.05) is 25.0 Å². The van der Waals surface area contributed by atoms with E-state index in [4.69, 9.17) is 0 Å². The van der Waals surface area contributed by atoms with Crippen LogP contribution in [0.3, 0.4) is 0 Å². The second-order valence-electron chi connectivity index (χ2n) is 4.89. The standard InChI is InChI=1S/C14H18F2N2O/c15-14(16)11-5-4-8-18(9-11)10-13(19)17-12-6-2-1-3-7-12/h1-3,6-7,11,14H,4-5,8-10H2,(H,17,19). The summed E-state index contributed by atoms with van der Waals surface area (Å²) < 4.78 is 25.3. The minimum atomic E-state index is -2.29. The molecule has 1 aliphatic rings. The van der Waals surface area contributed by atoms with Crippen molar-refractivity contribution in [1.82, 2.24) is 4.90 Å². The van der Waals surface area contributed by atoms with Crippen molar-refractivity contribution in [1.29, 1.82) is 0 Å². The van der Waals surface area contributed by atoms with Crippen molar-refractivity contribution in [3.63, 3.8) is 0 Å². The van der Waals surface area contributed by atoms with Crippen LogP contribution in [0.1, 0.15) is 12.8 Å². The predicted octanol–water partition coefficient (Wildman–Crippen LogP) is 2.60. The molecule has 1 amide bonds. The van der Waals surface area contributed by atoms with E-state index in [0.717, 1.165) is 12.1 Å². The molecule has 1 saturated heterocycles. The molecular formula is C14H18F2N2O. The Morgan fingerprint density at radius 2 is 2.11 bits per heavy atom. The minimum Gasteiger partial charge on any atom is -0.325 e. The Morgan fingerprint density at radius 1 is 1.37 bits per heavy atom. The fraction of sp³-hybridized carbons (Fsp3) is 0.500. The molecule has 1 aliphatic heterocycles. The van der Waals surface area contributed by atoms with Gasteiger partial charge in [0.05, 0.1) is 6.54 Å². The number of anilines is 1. The zero-order valence-corrected chi connectivity index (χ0v) is 10.7. The average molecular weight is 268 g/mol. The Balaban J connectivity index is 1.82. The molecule has 0 radical (unpaired) electrons. The number of benzene rings is 1. The van der Waals surface area contributed by atoms with Crippen LogP contribution in [0.4, 0.5) is 14.5 Å². The van der Waals surface area contributed by atoms with Crippen LogP contribution in [-0.4, -0.2) is 36.9 Å². The Kier molecular flexibility index (Phi) is 4.85. The number of nitrogens with zero attached hydrogens (tertiary/aromatic N) is 1. The lowest BCUT2D eigenvalue weighted by Crippen LogP contribution is -2.42. The number of hydrogen-bond donors (Lipinski definition) is 1. The Hall–Kier alpha value is -1.49. The van der Waals surface area contributed by atoms with Crippen LogP contribution >= 0.6 is 0 Å². The summed E-state index contributed by atoms with van der Waals surface area (Å²) in [7, 11) is 0. The van der Waals surface area contributed by atoms with Crippen molar-refractivity contribution >= 4 is 11.6 Å². The number of halogens is 2. The van der Waals surface area contributed by atoms with Gasteiger partial charge in [0.1, 0.15) is 0 Å². The van der Waals surface area contributed by atoms with Crippen LogP contribution in [0, 0.1) is 5.92 Å². The fourth-order valence-electron chi connectivity index (χ4n) is 2.37. The highest BCUT2D eigenvalue weighted by Gasteiger charge is 2.27. The largest absolute Gasteiger partial charge is 0.325 e. The lowest BCUT2D eigenvalue weighted by Gasteiger charge is -2.31. The third kappa shape index (κ3) is 4.28. The third-order valence-electron chi connectivity index (χ3n) is 3.32. The quantitative estimate of drug-likeness (QED) is 0.910. The molecule has 1 fully saturated rings. The molecule has 1 heterocycles. The van der Waals surface area contributed by atoms with Gasteiger partial charge in [0.2, 0.25) is 12.3 Å². The zero-order valence-electron chi connectivity index (χ0n) is 10.7. The normalized spacial score (nSPS) is 20.5. The summed E-state index contributed by atoms with van der Waals surface area (Å²) in [6.45, 7) is 1.20. The lowest BCUT2D eigenvalue weighted by molar-refractivity contribution is -0.118. The van der Waals surface area contributed by atoms with Crippen LogP contribution < -0.4 is 5.32 Å². The topological polar surface area (TPSA) is 32.3 Å².